The fraction of sp³-hybridized carbons (Fsp3) is 0.444. The van der Waals surface area contributed by atoms with Gasteiger partial charge in [-0.2, -0.15) is 18.4 Å². The molecule has 1 fully saturated rings. The molecule has 0 aromatic heterocycles. The van der Waals surface area contributed by atoms with Gasteiger partial charge in [0.2, 0.25) is 0 Å². The summed E-state index contributed by atoms with van der Waals surface area (Å²) in [6.07, 6.45) is 0.999. The van der Waals surface area contributed by atoms with Gasteiger partial charge in [0.15, 0.2) is 0 Å². The molecule has 1 aliphatic rings. The summed E-state index contributed by atoms with van der Waals surface area (Å²) in [6.45, 7) is 2.07. The van der Waals surface area contributed by atoms with Crippen LogP contribution >= 0.6 is 0 Å². The second-order valence-electron chi connectivity index (χ2n) is 6.13. The molecular formula is C18H19F3N2O. The van der Waals surface area contributed by atoms with Gasteiger partial charge in [0, 0.05) is 6.04 Å². The van der Waals surface area contributed by atoms with Gasteiger partial charge in [0.25, 0.3) is 5.91 Å². The van der Waals surface area contributed by atoms with Crippen molar-refractivity contribution in [2.75, 3.05) is 0 Å². The summed E-state index contributed by atoms with van der Waals surface area (Å²) >= 11 is 0. The normalized spacial score (nSPS) is 21.9. The van der Waals surface area contributed by atoms with Crippen LogP contribution in [0.3, 0.4) is 0 Å². The van der Waals surface area contributed by atoms with Crippen LogP contribution in [0.1, 0.15) is 43.7 Å². The SMILES string of the molecule is C[C@@H]1CCCC[C@@H]1NC(=O)/C(C#N)=C/c1ccc(C(F)(F)F)cc1. The molecule has 1 amide bonds. The third-order valence-corrected chi connectivity index (χ3v) is 4.34. The first-order valence-corrected chi connectivity index (χ1v) is 7.91. The van der Waals surface area contributed by atoms with Crippen LogP contribution in [0.15, 0.2) is 29.8 Å². The third-order valence-electron chi connectivity index (χ3n) is 4.34. The summed E-state index contributed by atoms with van der Waals surface area (Å²) in [5.74, 6) is -0.121. The average Bonchev–Trinajstić information content (AvgIpc) is 2.54. The minimum absolute atomic E-state index is 0.0376. The summed E-state index contributed by atoms with van der Waals surface area (Å²) < 4.78 is 37.6. The highest BCUT2D eigenvalue weighted by molar-refractivity contribution is 6.01. The van der Waals surface area contributed by atoms with Gasteiger partial charge in [-0.3, -0.25) is 4.79 Å². The number of nitriles is 1. The molecule has 0 saturated heterocycles. The number of alkyl halides is 3. The van der Waals surface area contributed by atoms with Crippen LogP contribution in [0, 0.1) is 17.2 Å². The van der Waals surface area contributed by atoms with Crippen LogP contribution in [-0.2, 0) is 11.0 Å². The predicted molar refractivity (Wildman–Crippen MR) is 84.6 cm³/mol. The lowest BCUT2D eigenvalue weighted by Gasteiger charge is -2.29. The maximum Gasteiger partial charge on any atom is 0.416 e. The first-order valence-electron chi connectivity index (χ1n) is 7.91. The van der Waals surface area contributed by atoms with Crippen molar-refractivity contribution in [1.29, 1.82) is 5.26 Å². The molecule has 1 aromatic carbocycles. The van der Waals surface area contributed by atoms with E-state index in [0.717, 1.165) is 37.8 Å². The lowest BCUT2D eigenvalue weighted by atomic mass is 9.86. The van der Waals surface area contributed by atoms with E-state index in [1.165, 1.54) is 18.2 Å². The van der Waals surface area contributed by atoms with Gasteiger partial charge in [0.1, 0.15) is 11.6 Å². The van der Waals surface area contributed by atoms with Crippen molar-refractivity contribution in [3.8, 4) is 6.07 Å². The topological polar surface area (TPSA) is 52.9 Å². The first-order chi connectivity index (χ1) is 11.3. The molecule has 24 heavy (non-hydrogen) atoms. The molecule has 0 spiro atoms. The van der Waals surface area contributed by atoms with Crippen molar-refractivity contribution in [3.63, 3.8) is 0 Å². The zero-order valence-corrected chi connectivity index (χ0v) is 13.4. The van der Waals surface area contributed by atoms with Crippen molar-refractivity contribution in [1.82, 2.24) is 5.32 Å². The van der Waals surface area contributed by atoms with Crippen molar-refractivity contribution >= 4 is 12.0 Å². The summed E-state index contributed by atoms with van der Waals surface area (Å²) in [5, 5.41) is 12.0. The minimum atomic E-state index is -4.41. The number of nitrogens with one attached hydrogen (secondary N) is 1. The van der Waals surface area contributed by atoms with Crippen LogP contribution in [0.4, 0.5) is 13.2 Å². The number of carbonyl (C=O) groups excluding carboxylic acids is 1. The maximum atomic E-state index is 12.5. The van der Waals surface area contributed by atoms with Gasteiger partial charge in [-0.25, -0.2) is 0 Å². The minimum Gasteiger partial charge on any atom is -0.348 e. The molecule has 3 nitrogen and oxygen atoms in total. The van der Waals surface area contributed by atoms with E-state index in [4.69, 9.17) is 0 Å². The molecule has 0 unspecified atom stereocenters. The second-order valence-corrected chi connectivity index (χ2v) is 6.13. The van der Waals surface area contributed by atoms with Crippen LogP contribution in [0.25, 0.3) is 6.08 Å². The first kappa shape index (κ1) is 18.1. The largest absolute Gasteiger partial charge is 0.416 e. The van der Waals surface area contributed by atoms with E-state index < -0.39 is 17.6 Å². The number of hydrogen-bond acceptors (Lipinski definition) is 2. The Balaban J connectivity index is 2.11. The predicted octanol–water partition coefficient (Wildman–Crippen LogP) is 4.31. The summed E-state index contributed by atoms with van der Waals surface area (Å²) in [7, 11) is 0. The molecule has 6 heteroatoms. The molecule has 2 atom stereocenters. The quantitative estimate of drug-likeness (QED) is 0.661. The molecule has 1 N–H and O–H groups in total. The maximum absolute atomic E-state index is 12.5. The Hall–Kier alpha value is -2.29. The molecule has 128 valence electrons. The zero-order chi connectivity index (χ0) is 17.7. The number of benzene rings is 1. The van der Waals surface area contributed by atoms with E-state index in [-0.39, 0.29) is 11.6 Å². The lowest BCUT2D eigenvalue weighted by Crippen LogP contribution is -2.41. The van der Waals surface area contributed by atoms with Gasteiger partial charge < -0.3 is 5.32 Å². The second kappa shape index (κ2) is 7.52. The van der Waals surface area contributed by atoms with Gasteiger partial charge in [-0.05, 0) is 42.5 Å². The summed E-state index contributed by atoms with van der Waals surface area (Å²) in [5.41, 5.74) is -0.488. The third kappa shape index (κ3) is 4.60. The molecule has 0 radical (unpaired) electrons. The fourth-order valence-corrected chi connectivity index (χ4v) is 2.86. The number of amides is 1. The van der Waals surface area contributed by atoms with Gasteiger partial charge >= 0.3 is 6.18 Å². The van der Waals surface area contributed by atoms with E-state index in [9.17, 15) is 23.2 Å². The molecule has 1 aliphatic carbocycles. The van der Waals surface area contributed by atoms with Crippen molar-refractivity contribution < 1.29 is 18.0 Å². The Labute approximate surface area is 139 Å². The van der Waals surface area contributed by atoms with E-state index >= 15 is 0 Å². The highest BCUT2D eigenvalue weighted by Crippen LogP contribution is 2.29. The van der Waals surface area contributed by atoms with Crippen LogP contribution in [-0.4, -0.2) is 11.9 Å². The van der Waals surface area contributed by atoms with Crippen LogP contribution in [0.5, 0.6) is 0 Å². The summed E-state index contributed by atoms with van der Waals surface area (Å²) in [6, 6.07) is 6.22. The van der Waals surface area contributed by atoms with Gasteiger partial charge in [-0.1, -0.05) is 31.9 Å². The lowest BCUT2D eigenvalue weighted by molar-refractivity contribution is -0.137. The molecule has 1 aromatic rings. The Morgan fingerprint density at radius 1 is 1.25 bits per heavy atom. The number of carbonyl (C=O) groups is 1. The highest BCUT2D eigenvalue weighted by atomic mass is 19.4. The van der Waals surface area contributed by atoms with E-state index in [2.05, 4.69) is 12.2 Å². The van der Waals surface area contributed by atoms with Crippen molar-refractivity contribution in [2.24, 2.45) is 5.92 Å². The van der Waals surface area contributed by atoms with Crippen LogP contribution < -0.4 is 5.32 Å². The Morgan fingerprint density at radius 2 is 1.88 bits per heavy atom. The van der Waals surface area contributed by atoms with Crippen molar-refractivity contribution in [3.05, 3.63) is 41.0 Å². The number of hydrogen-bond donors (Lipinski definition) is 1. The monoisotopic (exact) mass is 336 g/mol. The Kier molecular flexibility index (Phi) is 5.66. The van der Waals surface area contributed by atoms with E-state index in [1.54, 1.807) is 0 Å². The van der Waals surface area contributed by atoms with Crippen LogP contribution in [0.2, 0.25) is 0 Å². The molecule has 0 heterocycles. The van der Waals surface area contributed by atoms with Gasteiger partial charge in [-0.15, -0.1) is 0 Å². The molecule has 2 rings (SSSR count). The van der Waals surface area contributed by atoms with E-state index in [0.29, 0.717) is 11.5 Å². The number of halogens is 3. The zero-order valence-electron chi connectivity index (χ0n) is 13.4. The molecule has 1 saturated carbocycles. The number of nitrogens with zero attached hydrogens (tertiary/aromatic N) is 1. The number of rotatable bonds is 3. The molecule has 0 aliphatic heterocycles. The van der Waals surface area contributed by atoms with Gasteiger partial charge in [0.05, 0.1) is 5.56 Å². The summed E-state index contributed by atoms with van der Waals surface area (Å²) in [4.78, 5) is 12.2. The fourth-order valence-electron chi connectivity index (χ4n) is 2.86. The van der Waals surface area contributed by atoms with E-state index in [1.807, 2.05) is 6.07 Å². The molecular weight excluding hydrogens is 317 g/mol. The Bertz CT molecular complexity index is 656. The average molecular weight is 336 g/mol. The smallest absolute Gasteiger partial charge is 0.348 e. The van der Waals surface area contributed by atoms with Crippen molar-refractivity contribution in [2.45, 2.75) is 44.8 Å². The molecule has 0 bridgehead atoms. The Morgan fingerprint density at radius 3 is 2.42 bits per heavy atom. The standard InChI is InChI=1S/C18H19F3N2O/c1-12-4-2-3-5-16(12)23-17(24)14(11-22)10-13-6-8-15(9-7-13)18(19,20)21/h6-10,12,16H,2-5H2,1H3,(H,23,24)/b14-10+/t12-,16+/m1/s1. The highest BCUT2D eigenvalue weighted by Gasteiger charge is 2.30.